The van der Waals surface area contributed by atoms with Gasteiger partial charge in [0.2, 0.25) is 0 Å². The lowest BCUT2D eigenvalue weighted by molar-refractivity contribution is -0.132. The van der Waals surface area contributed by atoms with Crippen molar-refractivity contribution in [2.45, 2.75) is 6.42 Å². The Morgan fingerprint density at radius 3 is 3.00 bits per heavy atom. The van der Waals surface area contributed by atoms with Crippen LogP contribution in [0.4, 0.5) is 0 Å². The molecular formula is C13H14O4. The smallest absolute Gasteiger partial charge is 0.331 e. The molecule has 1 aromatic rings. The van der Waals surface area contributed by atoms with E-state index in [1.165, 1.54) is 12.3 Å². The van der Waals surface area contributed by atoms with Gasteiger partial charge in [-0.15, -0.1) is 0 Å². The molecule has 0 bridgehead atoms. The minimum Gasteiger partial charge on any atom is -0.501 e. The monoisotopic (exact) mass is 234 g/mol. The molecule has 1 aromatic heterocycles. The highest BCUT2D eigenvalue weighted by Crippen LogP contribution is 2.06. The molecule has 0 aromatic carbocycles. The van der Waals surface area contributed by atoms with Crippen LogP contribution < -0.4 is 0 Å². The third kappa shape index (κ3) is 4.88. The summed E-state index contributed by atoms with van der Waals surface area (Å²) in [5, 5.41) is 8.92. The molecule has 0 unspecified atom stereocenters. The summed E-state index contributed by atoms with van der Waals surface area (Å²) in [6.45, 7) is 3.68. The van der Waals surface area contributed by atoms with Crippen LogP contribution in [0.5, 0.6) is 0 Å². The van der Waals surface area contributed by atoms with E-state index in [4.69, 9.17) is 14.3 Å². The number of furan rings is 1. The average Bonchev–Trinajstić information content (AvgIpc) is 2.80. The number of aliphatic carboxylic acids is 1. The van der Waals surface area contributed by atoms with Gasteiger partial charge >= 0.3 is 5.97 Å². The van der Waals surface area contributed by atoms with Crippen LogP contribution in [0.2, 0.25) is 0 Å². The fraction of sp³-hybridized carbons (Fsp3) is 0.154. The molecule has 4 heteroatoms. The Morgan fingerprint density at radius 1 is 1.59 bits per heavy atom. The van der Waals surface area contributed by atoms with Gasteiger partial charge in [0.25, 0.3) is 0 Å². The van der Waals surface area contributed by atoms with Gasteiger partial charge in [0, 0.05) is 12.0 Å². The first kappa shape index (κ1) is 12.8. The second-order valence-corrected chi connectivity index (χ2v) is 3.16. The topological polar surface area (TPSA) is 59.7 Å². The van der Waals surface area contributed by atoms with Gasteiger partial charge in [-0.3, -0.25) is 0 Å². The first-order valence-corrected chi connectivity index (χ1v) is 5.10. The van der Waals surface area contributed by atoms with Crippen molar-refractivity contribution >= 4 is 12.0 Å². The molecule has 0 amide bonds. The van der Waals surface area contributed by atoms with Crippen molar-refractivity contribution in [1.29, 1.82) is 0 Å². The minimum absolute atomic E-state index is 0.273. The zero-order chi connectivity index (χ0) is 12.5. The highest BCUT2D eigenvalue weighted by atomic mass is 16.5. The Morgan fingerprint density at radius 2 is 2.41 bits per heavy atom. The lowest BCUT2D eigenvalue weighted by atomic mass is 10.2. The summed E-state index contributed by atoms with van der Waals surface area (Å²) in [6, 6.07) is 3.55. The Bertz CT molecular complexity index is 413. The quantitative estimate of drug-likeness (QED) is 0.341. The fourth-order valence-electron chi connectivity index (χ4n) is 1.16. The fourth-order valence-corrected chi connectivity index (χ4v) is 1.16. The third-order valence-corrected chi connectivity index (χ3v) is 1.98. The van der Waals surface area contributed by atoms with Crippen molar-refractivity contribution in [3.05, 3.63) is 54.7 Å². The molecule has 0 fully saturated rings. The lowest BCUT2D eigenvalue weighted by Gasteiger charge is -2.00. The van der Waals surface area contributed by atoms with E-state index in [1.807, 2.05) is 0 Å². The normalized spacial score (nSPS) is 11.6. The van der Waals surface area contributed by atoms with Gasteiger partial charge in [-0.05, 0) is 18.2 Å². The van der Waals surface area contributed by atoms with E-state index in [0.29, 0.717) is 18.8 Å². The molecule has 0 saturated heterocycles. The van der Waals surface area contributed by atoms with Crippen molar-refractivity contribution in [3.63, 3.8) is 0 Å². The molecule has 0 aliphatic heterocycles. The summed E-state index contributed by atoms with van der Waals surface area (Å²) in [5.74, 6) is -0.282. The number of ether oxygens (including phenoxy) is 1. The summed E-state index contributed by atoms with van der Waals surface area (Å²) >= 11 is 0. The predicted octanol–water partition coefficient (Wildman–Crippen LogP) is 2.85. The molecule has 0 atom stereocenters. The number of carboxylic acid groups (broad SMARTS) is 1. The third-order valence-electron chi connectivity index (χ3n) is 1.98. The Balaban J connectivity index is 2.57. The van der Waals surface area contributed by atoms with Gasteiger partial charge in [0.1, 0.15) is 5.76 Å². The van der Waals surface area contributed by atoms with Gasteiger partial charge in [-0.25, -0.2) is 4.79 Å². The largest absolute Gasteiger partial charge is 0.501 e. The van der Waals surface area contributed by atoms with E-state index in [2.05, 4.69) is 6.58 Å². The van der Waals surface area contributed by atoms with E-state index < -0.39 is 5.97 Å². The van der Waals surface area contributed by atoms with Crippen LogP contribution in [0, 0.1) is 0 Å². The molecule has 0 aliphatic rings. The zero-order valence-corrected chi connectivity index (χ0v) is 9.33. The first-order chi connectivity index (χ1) is 8.24. The van der Waals surface area contributed by atoms with E-state index in [-0.39, 0.29) is 5.57 Å². The van der Waals surface area contributed by atoms with Gasteiger partial charge in [0.05, 0.1) is 19.1 Å². The maximum atomic E-state index is 10.9. The summed E-state index contributed by atoms with van der Waals surface area (Å²) < 4.78 is 9.96. The maximum absolute atomic E-state index is 10.9. The summed E-state index contributed by atoms with van der Waals surface area (Å²) in [4.78, 5) is 10.9. The number of hydrogen-bond acceptors (Lipinski definition) is 3. The van der Waals surface area contributed by atoms with Gasteiger partial charge in [-0.1, -0.05) is 18.7 Å². The van der Waals surface area contributed by atoms with Gasteiger partial charge in [-0.2, -0.15) is 0 Å². The molecule has 17 heavy (non-hydrogen) atoms. The number of hydrogen-bond donors (Lipinski definition) is 1. The first-order valence-electron chi connectivity index (χ1n) is 5.10. The number of carbonyl (C=O) groups is 1. The van der Waals surface area contributed by atoms with Crippen LogP contribution >= 0.6 is 0 Å². The zero-order valence-electron chi connectivity index (χ0n) is 9.33. The average molecular weight is 234 g/mol. The van der Waals surface area contributed by atoms with Crippen LogP contribution in [0.3, 0.4) is 0 Å². The summed E-state index contributed by atoms with van der Waals surface area (Å²) in [7, 11) is 0. The van der Waals surface area contributed by atoms with Crippen LogP contribution in [-0.4, -0.2) is 17.7 Å². The molecule has 0 aliphatic carbocycles. The second kappa shape index (κ2) is 7.11. The molecule has 1 rings (SSSR count). The van der Waals surface area contributed by atoms with Crippen molar-refractivity contribution in [2.75, 3.05) is 6.61 Å². The summed E-state index contributed by atoms with van der Waals surface area (Å²) in [5.41, 5.74) is 0.273. The number of rotatable bonds is 7. The van der Waals surface area contributed by atoms with Crippen LogP contribution in [0.15, 0.2) is 53.4 Å². The van der Waals surface area contributed by atoms with Crippen LogP contribution in [0.1, 0.15) is 12.2 Å². The minimum atomic E-state index is -0.957. The second-order valence-electron chi connectivity index (χ2n) is 3.16. The summed E-state index contributed by atoms with van der Waals surface area (Å²) in [6.07, 6.45) is 8.02. The SMILES string of the molecule is C=COCCC(=CC=Cc1ccco1)C(=O)O. The molecule has 1 N–H and O–H groups in total. The van der Waals surface area contributed by atoms with Crippen molar-refractivity contribution < 1.29 is 19.1 Å². The standard InChI is InChI=1S/C13H14O4/c1-2-16-10-8-11(13(14)15)5-3-6-12-7-4-9-17-12/h2-7,9H,1,8,10H2,(H,14,15). The van der Waals surface area contributed by atoms with Gasteiger partial charge < -0.3 is 14.3 Å². The van der Waals surface area contributed by atoms with Crippen molar-refractivity contribution in [3.8, 4) is 0 Å². The van der Waals surface area contributed by atoms with E-state index >= 15 is 0 Å². The number of carboxylic acids is 1. The van der Waals surface area contributed by atoms with Crippen molar-refractivity contribution in [1.82, 2.24) is 0 Å². The Labute approximate surface area is 99.5 Å². The van der Waals surface area contributed by atoms with Crippen LogP contribution in [-0.2, 0) is 9.53 Å². The Hall–Kier alpha value is -2.23. The molecule has 0 saturated carbocycles. The highest BCUT2D eigenvalue weighted by molar-refractivity contribution is 5.87. The van der Waals surface area contributed by atoms with Gasteiger partial charge in [0.15, 0.2) is 0 Å². The van der Waals surface area contributed by atoms with E-state index in [9.17, 15) is 4.79 Å². The number of allylic oxidation sites excluding steroid dienone is 2. The van der Waals surface area contributed by atoms with Crippen LogP contribution in [0.25, 0.3) is 6.08 Å². The van der Waals surface area contributed by atoms with Crippen molar-refractivity contribution in [2.24, 2.45) is 0 Å². The maximum Gasteiger partial charge on any atom is 0.331 e. The molecule has 1 heterocycles. The van der Waals surface area contributed by atoms with E-state index in [0.717, 1.165) is 0 Å². The van der Waals surface area contributed by atoms with E-state index in [1.54, 1.807) is 30.5 Å². The highest BCUT2D eigenvalue weighted by Gasteiger charge is 2.05. The molecular weight excluding hydrogens is 220 g/mol. The lowest BCUT2D eigenvalue weighted by Crippen LogP contribution is -2.03. The molecule has 0 radical (unpaired) electrons. The Kier molecular flexibility index (Phi) is 5.37. The predicted molar refractivity (Wildman–Crippen MR) is 64.2 cm³/mol. The molecule has 4 nitrogen and oxygen atoms in total. The molecule has 90 valence electrons. The molecule has 0 spiro atoms.